The summed E-state index contributed by atoms with van der Waals surface area (Å²) in [5, 5.41) is 12.5. The van der Waals surface area contributed by atoms with Crippen LogP contribution < -0.4 is 0 Å². The molecule has 1 aliphatic heterocycles. The van der Waals surface area contributed by atoms with Gasteiger partial charge in [0.15, 0.2) is 5.82 Å². The third-order valence-electron chi connectivity index (χ3n) is 2.85. The number of carbonyl (C=O) groups is 1. The minimum atomic E-state index is -0.952. The molecule has 2 heterocycles. The zero-order valence-electron chi connectivity index (χ0n) is 9.22. The van der Waals surface area contributed by atoms with Crippen LogP contribution in [-0.4, -0.2) is 39.7 Å². The fraction of sp³-hybridized carbons (Fsp3) is 0.700. The smallest absolute Gasteiger partial charge is 0.312 e. The Balaban J connectivity index is 2.08. The molecule has 6 nitrogen and oxygen atoms in total. The van der Waals surface area contributed by atoms with Crippen molar-refractivity contribution in [2.24, 2.45) is 0 Å². The van der Waals surface area contributed by atoms with E-state index >= 15 is 0 Å². The molecule has 1 N–H and O–H groups in total. The fourth-order valence-corrected chi connectivity index (χ4v) is 2.01. The minimum Gasteiger partial charge on any atom is -0.481 e. The van der Waals surface area contributed by atoms with Crippen LogP contribution in [0.4, 0.5) is 0 Å². The Morgan fingerprint density at radius 3 is 3.12 bits per heavy atom. The van der Waals surface area contributed by atoms with E-state index in [9.17, 15) is 4.79 Å². The molecule has 0 aromatic carbocycles. The average Bonchev–Trinajstić information content (AvgIpc) is 2.66. The number of piperidine rings is 1. The first-order chi connectivity index (χ1) is 7.66. The van der Waals surface area contributed by atoms with Gasteiger partial charge in [-0.25, -0.2) is 0 Å². The molecule has 0 radical (unpaired) electrons. The lowest BCUT2D eigenvalue weighted by atomic mass is 10.0. The van der Waals surface area contributed by atoms with Crippen LogP contribution in [0, 0.1) is 0 Å². The molecule has 0 spiro atoms. The molecular formula is C10H15N3O3. The molecule has 6 heteroatoms. The first kappa shape index (κ1) is 11.1. The van der Waals surface area contributed by atoms with Gasteiger partial charge in [0.1, 0.15) is 6.42 Å². The average molecular weight is 225 g/mol. The number of hydrogen-bond donors (Lipinski definition) is 1. The SMILES string of the molecule is CN1CCCCC1c1noc(CC(=O)O)n1. The van der Waals surface area contributed by atoms with Crippen molar-refractivity contribution in [3.8, 4) is 0 Å². The summed E-state index contributed by atoms with van der Waals surface area (Å²) in [4.78, 5) is 16.8. The second kappa shape index (κ2) is 4.61. The van der Waals surface area contributed by atoms with Gasteiger partial charge >= 0.3 is 5.97 Å². The minimum absolute atomic E-state index is 0.167. The van der Waals surface area contributed by atoms with Crippen LogP contribution in [0.5, 0.6) is 0 Å². The van der Waals surface area contributed by atoms with Crippen molar-refractivity contribution in [3.63, 3.8) is 0 Å². The highest BCUT2D eigenvalue weighted by Gasteiger charge is 2.25. The molecule has 1 fully saturated rings. The summed E-state index contributed by atoms with van der Waals surface area (Å²) in [5.41, 5.74) is 0. The first-order valence-corrected chi connectivity index (χ1v) is 5.41. The molecule has 16 heavy (non-hydrogen) atoms. The molecule has 1 atom stereocenters. The van der Waals surface area contributed by atoms with Crippen LogP contribution in [0.3, 0.4) is 0 Å². The lowest BCUT2D eigenvalue weighted by Crippen LogP contribution is -2.30. The second-order valence-electron chi connectivity index (χ2n) is 4.11. The third-order valence-corrected chi connectivity index (χ3v) is 2.85. The molecule has 0 amide bonds. The Hall–Kier alpha value is -1.43. The van der Waals surface area contributed by atoms with E-state index in [-0.39, 0.29) is 18.4 Å². The van der Waals surface area contributed by atoms with Crippen LogP contribution in [0.25, 0.3) is 0 Å². The lowest BCUT2D eigenvalue weighted by molar-refractivity contribution is -0.136. The van der Waals surface area contributed by atoms with Gasteiger partial charge in [0, 0.05) is 0 Å². The molecular weight excluding hydrogens is 210 g/mol. The largest absolute Gasteiger partial charge is 0.481 e. The van der Waals surface area contributed by atoms with Crippen molar-refractivity contribution in [1.82, 2.24) is 15.0 Å². The second-order valence-corrected chi connectivity index (χ2v) is 4.11. The van der Waals surface area contributed by atoms with E-state index in [0.717, 1.165) is 19.4 Å². The normalized spacial score (nSPS) is 22.2. The van der Waals surface area contributed by atoms with Crippen LogP contribution in [0.2, 0.25) is 0 Å². The number of carboxylic acid groups (broad SMARTS) is 1. The molecule has 1 saturated heterocycles. The molecule has 88 valence electrons. The van der Waals surface area contributed by atoms with Crippen molar-refractivity contribution in [2.75, 3.05) is 13.6 Å². The Morgan fingerprint density at radius 1 is 1.62 bits per heavy atom. The van der Waals surface area contributed by atoms with Gasteiger partial charge in [0.25, 0.3) is 0 Å². The number of likely N-dealkylation sites (tertiary alicyclic amines) is 1. The summed E-state index contributed by atoms with van der Waals surface area (Å²) >= 11 is 0. The molecule has 1 unspecified atom stereocenters. The summed E-state index contributed by atoms with van der Waals surface area (Å²) in [5.74, 6) is -0.160. The molecule has 1 aliphatic rings. The van der Waals surface area contributed by atoms with Crippen LogP contribution in [0.1, 0.15) is 37.0 Å². The highest BCUT2D eigenvalue weighted by Crippen LogP contribution is 2.27. The zero-order chi connectivity index (χ0) is 11.5. The maximum absolute atomic E-state index is 10.5. The van der Waals surface area contributed by atoms with E-state index < -0.39 is 5.97 Å². The predicted octanol–water partition coefficient (Wildman–Crippen LogP) is 0.854. The summed E-state index contributed by atoms with van der Waals surface area (Å²) in [6.45, 7) is 1.02. The fourth-order valence-electron chi connectivity index (χ4n) is 2.01. The van der Waals surface area contributed by atoms with Crippen molar-refractivity contribution < 1.29 is 14.4 Å². The van der Waals surface area contributed by atoms with E-state index in [0.29, 0.717) is 5.82 Å². The van der Waals surface area contributed by atoms with Gasteiger partial charge in [-0.2, -0.15) is 4.98 Å². The van der Waals surface area contributed by atoms with E-state index in [2.05, 4.69) is 15.0 Å². The van der Waals surface area contributed by atoms with Crippen LogP contribution in [0.15, 0.2) is 4.52 Å². The standard InChI is InChI=1S/C10H15N3O3/c1-13-5-3-2-4-7(13)10-11-8(16-12-10)6-9(14)15/h7H,2-6H2,1H3,(H,14,15). The molecule has 2 rings (SSSR count). The van der Waals surface area contributed by atoms with E-state index in [1.165, 1.54) is 6.42 Å². The number of aromatic nitrogens is 2. The molecule has 0 aliphatic carbocycles. The van der Waals surface area contributed by atoms with Gasteiger partial charge in [0.05, 0.1) is 6.04 Å². The number of carboxylic acids is 1. The van der Waals surface area contributed by atoms with Crippen molar-refractivity contribution in [1.29, 1.82) is 0 Å². The summed E-state index contributed by atoms with van der Waals surface area (Å²) in [7, 11) is 2.02. The number of hydrogen-bond acceptors (Lipinski definition) is 5. The summed E-state index contributed by atoms with van der Waals surface area (Å²) < 4.78 is 4.91. The van der Waals surface area contributed by atoms with Gasteiger partial charge in [0.2, 0.25) is 5.89 Å². The summed E-state index contributed by atoms with van der Waals surface area (Å²) in [6, 6.07) is 0.167. The third kappa shape index (κ3) is 2.38. The maximum Gasteiger partial charge on any atom is 0.312 e. The number of nitrogens with zero attached hydrogens (tertiary/aromatic N) is 3. The van der Waals surface area contributed by atoms with Gasteiger partial charge in [-0.3, -0.25) is 9.69 Å². The van der Waals surface area contributed by atoms with Crippen LogP contribution >= 0.6 is 0 Å². The maximum atomic E-state index is 10.5. The van der Waals surface area contributed by atoms with Gasteiger partial charge in [-0.1, -0.05) is 11.6 Å². The van der Waals surface area contributed by atoms with Gasteiger partial charge in [-0.15, -0.1) is 0 Å². The van der Waals surface area contributed by atoms with Crippen molar-refractivity contribution in [2.45, 2.75) is 31.7 Å². The Morgan fingerprint density at radius 2 is 2.44 bits per heavy atom. The van der Waals surface area contributed by atoms with Crippen molar-refractivity contribution in [3.05, 3.63) is 11.7 Å². The van der Waals surface area contributed by atoms with Crippen LogP contribution in [-0.2, 0) is 11.2 Å². The Labute approximate surface area is 93.2 Å². The van der Waals surface area contributed by atoms with E-state index in [1.807, 2.05) is 7.05 Å². The molecule has 1 aromatic heterocycles. The van der Waals surface area contributed by atoms with E-state index in [4.69, 9.17) is 9.63 Å². The monoisotopic (exact) mass is 225 g/mol. The quantitative estimate of drug-likeness (QED) is 0.821. The zero-order valence-corrected chi connectivity index (χ0v) is 9.22. The van der Waals surface area contributed by atoms with Gasteiger partial charge in [-0.05, 0) is 26.4 Å². The number of aliphatic carboxylic acids is 1. The highest BCUT2D eigenvalue weighted by atomic mass is 16.5. The van der Waals surface area contributed by atoms with Gasteiger partial charge < -0.3 is 9.63 Å². The Bertz CT molecular complexity index is 377. The number of rotatable bonds is 3. The molecule has 0 bridgehead atoms. The Kier molecular flexibility index (Phi) is 3.19. The molecule has 0 saturated carbocycles. The topological polar surface area (TPSA) is 79.5 Å². The lowest BCUT2D eigenvalue weighted by Gasteiger charge is -2.29. The predicted molar refractivity (Wildman–Crippen MR) is 54.9 cm³/mol. The molecule has 1 aromatic rings. The first-order valence-electron chi connectivity index (χ1n) is 5.41. The van der Waals surface area contributed by atoms with Crippen molar-refractivity contribution >= 4 is 5.97 Å². The highest BCUT2D eigenvalue weighted by molar-refractivity contribution is 5.68. The van der Waals surface area contributed by atoms with E-state index in [1.54, 1.807) is 0 Å². The summed E-state index contributed by atoms with van der Waals surface area (Å²) in [6.07, 6.45) is 3.14.